The fourth-order valence-corrected chi connectivity index (χ4v) is 4.92. The highest BCUT2D eigenvalue weighted by molar-refractivity contribution is 8.01. The lowest BCUT2D eigenvalue weighted by Crippen LogP contribution is -2.48. The average Bonchev–Trinajstić information content (AvgIpc) is 2.93. The van der Waals surface area contributed by atoms with Gasteiger partial charge in [-0.3, -0.25) is 4.79 Å². The molecule has 2 atom stereocenters. The van der Waals surface area contributed by atoms with Crippen LogP contribution in [0.5, 0.6) is 0 Å². The molecule has 134 valence electrons. The first-order chi connectivity index (χ1) is 11.9. The molecule has 0 bridgehead atoms. The molecular formula is C16H18FN3O2S3. The molecule has 2 aromatic rings. The predicted molar refractivity (Wildman–Crippen MR) is 99.5 cm³/mol. The molecule has 0 N–H and O–H groups in total. The van der Waals surface area contributed by atoms with Gasteiger partial charge in [-0.1, -0.05) is 23.1 Å². The van der Waals surface area contributed by atoms with E-state index in [0.29, 0.717) is 28.5 Å². The fourth-order valence-electron chi connectivity index (χ4n) is 2.66. The van der Waals surface area contributed by atoms with Gasteiger partial charge in [0.2, 0.25) is 5.91 Å². The lowest BCUT2D eigenvalue weighted by atomic mass is 10.2. The third-order valence-corrected chi connectivity index (χ3v) is 6.04. The second kappa shape index (κ2) is 7.94. The maximum Gasteiger partial charge on any atom is 0.233 e. The smallest absolute Gasteiger partial charge is 0.233 e. The lowest BCUT2D eigenvalue weighted by Gasteiger charge is -2.35. The van der Waals surface area contributed by atoms with E-state index in [2.05, 4.69) is 5.10 Å². The van der Waals surface area contributed by atoms with E-state index in [1.54, 1.807) is 16.8 Å². The number of hydrogen-bond acceptors (Lipinski definition) is 6. The van der Waals surface area contributed by atoms with Crippen LogP contribution in [-0.2, 0) is 9.53 Å². The standard InChI is InChI=1S/C16H18FN3O2S3/c1-10-7-19(8-11(2)22-10)14(21)9-24-15-18-20(16(23)25-15)13-5-3-12(17)4-6-13/h3-6,10-11H,7-9H2,1-2H3/t10-,11-/m0/s1. The largest absolute Gasteiger partial charge is 0.372 e. The van der Waals surface area contributed by atoms with Crippen molar-refractivity contribution in [1.82, 2.24) is 14.7 Å². The number of carbonyl (C=O) groups is 1. The van der Waals surface area contributed by atoms with Gasteiger partial charge in [0.1, 0.15) is 5.82 Å². The number of ether oxygens (including phenoxy) is 1. The fraction of sp³-hybridized carbons (Fsp3) is 0.438. The van der Waals surface area contributed by atoms with Crippen molar-refractivity contribution >= 4 is 41.2 Å². The van der Waals surface area contributed by atoms with E-state index in [1.807, 2.05) is 18.7 Å². The first kappa shape index (κ1) is 18.5. The van der Waals surface area contributed by atoms with E-state index in [9.17, 15) is 9.18 Å². The van der Waals surface area contributed by atoms with Gasteiger partial charge in [0, 0.05) is 13.1 Å². The van der Waals surface area contributed by atoms with E-state index in [1.165, 1.54) is 35.2 Å². The number of hydrogen-bond donors (Lipinski definition) is 0. The van der Waals surface area contributed by atoms with Crippen LogP contribution in [0.3, 0.4) is 0 Å². The Morgan fingerprint density at radius 2 is 2.00 bits per heavy atom. The van der Waals surface area contributed by atoms with Gasteiger partial charge in [-0.05, 0) is 50.3 Å². The second-order valence-electron chi connectivity index (χ2n) is 5.87. The van der Waals surface area contributed by atoms with E-state index < -0.39 is 0 Å². The quantitative estimate of drug-likeness (QED) is 0.581. The monoisotopic (exact) mass is 399 g/mol. The van der Waals surface area contributed by atoms with E-state index >= 15 is 0 Å². The maximum absolute atomic E-state index is 13.0. The Hall–Kier alpha value is -1.29. The molecule has 1 aliphatic heterocycles. The number of thioether (sulfide) groups is 1. The summed E-state index contributed by atoms with van der Waals surface area (Å²) >= 11 is 8.04. The van der Waals surface area contributed by atoms with Gasteiger partial charge in [-0.15, -0.1) is 5.10 Å². The highest BCUT2D eigenvalue weighted by Crippen LogP contribution is 2.25. The number of aromatic nitrogens is 2. The molecule has 0 spiro atoms. The molecule has 0 unspecified atom stereocenters. The van der Waals surface area contributed by atoms with Crippen LogP contribution in [0.2, 0.25) is 0 Å². The summed E-state index contributed by atoms with van der Waals surface area (Å²) in [4.78, 5) is 14.2. The minimum atomic E-state index is -0.306. The summed E-state index contributed by atoms with van der Waals surface area (Å²) in [6.45, 7) is 5.17. The molecule has 1 saturated heterocycles. The van der Waals surface area contributed by atoms with Crippen LogP contribution in [0.25, 0.3) is 5.69 Å². The SMILES string of the molecule is C[C@H]1CN(C(=O)CSc2nn(-c3ccc(F)cc3)c(=S)s2)C[C@H](C)O1. The summed E-state index contributed by atoms with van der Waals surface area (Å²) < 4.78 is 21.6. The van der Waals surface area contributed by atoms with Crippen molar-refractivity contribution in [3.63, 3.8) is 0 Å². The number of nitrogens with zero attached hydrogens (tertiary/aromatic N) is 3. The molecule has 5 nitrogen and oxygen atoms in total. The van der Waals surface area contributed by atoms with Crippen molar-refractivity contribution in [2.75, 3.05) is 18.8 Å². The van der Waals surface area contributed by atoms with Gasteiger partial charge >= 0.3 is 0 Å². The number of benzene rings is 1. The summed E-state index contributed by atoms with van der Waals surface area (Å²) in [5, 5.41) is 4.43. The van der Waals surface area contributed by atoms with Crippen LogP contribution in [0.15, 0.2) is 28.6 Å². The number of morpholine rings is 1. The predicted octanol–water partition coefficient (Wildman–Crippen LogP) is 3.53. The topological polar surface area (TPSA) is 47.4 Å². The highest BCUT2D eigenvalue weighted by Gasteiger charge is 2.25. The number of amides is 1. The number of halogens is 1. The third-order valence-electron chi connectivity index (χ3n) is 3.69. The van der Waals surface area contributed by atoms with Crippen molar-refractivity contribution in [2.24, 2.45) is 0 Å². The maximum atomic E-state index is 13.0. The van der Waals surface area contributed by atoms with Crippen molar-refractivity contribution < 1.29 is 13.9 Å². The Labute approximate surface area is 158 Å². The molecule has 1 aromatic heterocycles. The van der Waals surface area contributed by atoms with Gasteiger partial charge in [-0.25, -0.2) is 9.07 Å². The first-order valence-corrected chi connectivity index (χ1v) is 10.1. The van der Waals surface area contributed by atoms with Crippen molar-refractivity contribution in [3.05, 3.63) is 34.0 Å². The molecule has 0 radical (unpaired) electrons. The molecule has 1 amide bonds. The Morgan fingerprint density at radius 1 is 1.36 bits per heavy atom. The molecule has 1 fully saturated rings. The van der Waals surface area contributed by atoms with E-state index in [0.717, 1.165) is 4.34 Å². The van der Waals surface area contributed by atoms with E-state index in [4.69, 9.17) is 17.0 Å². The molecule has 3 rings (SSSR count). The summed E-state index contributed by atoms with van der Waals surface area (Å²) in [7, 11) is 0. The van der Waals surface area contributed by atoms with Crippen LogP contribution < -0.4 is 0 Å². The molecule has 0 saturated carbocycles. The van der Waals surface area contributed by atoms with Crippen molar-refractivity contribution in [3.8, 4) is 5.69 Å². The minimum absolute atomic E-state index is 0.0532. The summed E-state index contributed by atoms with van der Waals surface area (Å²) in [6, 6.07) is 5.99. The zero-order valence-corrected chi connectivity index (χ0v) is 16.3. The average molecular weight is 400 g/mol. The van der Waals surface area contributed by atoms with Gasteiger partial charge in [-0.2, -0.15) is 0 Å². The molecule has 2 heterocycles. The summed E-state index contributed by atoms with van der Waals surface area (Å²) in [6.07, 6.45) is 0.106. The molecule has 25 heavy (non-hydrogen) atoms. The number of carbonyl (C=O) groups excluding carboxylic acids is 1. The zero-order chi connectivity index (χ0) is 18.0. The van der Waals surface area contributed by atoms with Crippen LogP contribution in [0.4, 0.5) is 4.39 Å². The third kappa shape index (κ3) is 4.66. The molecule has 1 aliphatic rings. The van der Waals surface area contributed by atoms with Crippen LogP contribution in [0.1, 0.15) is 13.8 Å². The summed E-state index contributed by atoms with van der Waals surface area (Å²) in [5.74, 6) is 0.0756. The van der Waals surface area contributed by atoms with Crippen LogP contribution >= 0.6 is 35.3 Å². The molecule has 1 aromatic carbocycles. The second-order valence-corrected chi connectivity index (χ2v) is 8.71. The Bertz CT molecular complexity index is 796. The van der Waals surface area contributed by atoms with E-state index in [-0.39, 0.29) is 23.9 Å². The highest BCUT2D eigenvalue weighted by atomic mass is 32.2. The first-order valence-electron chi connectivity index (χ1n) is 7.84. The van der Waals surface area contributed by atoms with Crippen LogP contribution in [0, 0.1) is 9.77 Å². The molecule has 9 heteroatoms. The van der Waals surface area contributed by atoms with Gasteiger partial charge in [0.25, 0.3) is 0 Å². The normalized spacial score (nSPS) is 20.7. The zero-order valence-electron chi connectivity index (χ0n) is 13.8. The minimum Gasteiger partial charge on any atom is -0.372 e. The Kier molecular flexibility index (Phi) is 5.88. The van der Waals surface area contributed by atoms with Gasteiger partial charge in [0.05, 0.1) is 23.6 Å². The van der Waals surface area contributed by atoms with Crippen molar-refractivity contribution in [2.45, 2.75) is 30.4 Å². The van der Waals surface area contributed by atoms with Crippen LogP contribution in [-0.4, -0.2) is 51.6 Å². The van der Waals surface area contributed by atoms with Gasteiger partial charge < -0.3 is 9.64 Å². The molecular weight excluding hydrogens is 381 g/mol. The van der Waals surface area contributed by atoms with Gasteiger partial charge in [0.15, 0.2) is 8.29 Å². The summed E-state index contributed by atoms with van der Waals surface area (Å²) in [5.41, 5.74) is 0.705. The lowest BCUT2D eigenvalue weighted by molar-refractivity contribution is -0.140. The number of rotatable bonds is 4. The Balaban J connectivity index is 1.64. The molecule has 0 aliphatic carbocycles. The van der Waals surface area contributed by atoms with Crippen molar-refractivity contribution in [1.29, 1.82) is 0 Å². The Morgan fingerprint density at radius 3 is 2.64 bits per heavy atom.